The van der Waals surface area contributed by atoms with Gasteiger partial charge in [-0.15, -0.1) is 0 Å². The van der Waals surface area contributed by atoms with E-state index < -0.39 is 23.3 Å². The molecule has 2 aliphatic heterocycles. The Hall–Kier alpha value is -5.51. The van der Waals surface area contributed by atoms with Crippen LogP contribution in [0.25, 0.3) is 0 Å². The fourth-order valence-corrected chi connectivity index (χ4v) is 6.75. The van der Waals surface area contributed by atoms with E-state index in [1.54, 1.807) is 39.0 Å². The van der Waals surface area contributed by atoms with Crippen LogP contribution in [-0.4, -0.2) is 42.7 Å². The van der Waals surface area contributed by atoms with Gasteiger partial charge in [-0.1, -0.05) is 44.2 Å². The number of benzene rings is 4. The maximum atomic E-state index is 13.3. The van der Waals surface area contributed by atoms with Gasteiger partial charge in [-0.2, -0.15) is 0 Å². The summed E-state index contributed by atoms with van der Waals surface area (Å²) in [6.07, 6.45) is -0.175. The number of carbonyl (C=O) groups excluding carboxylic acids is 3. The quantitative estimate of drug-likeness (QED) is 0.149. The summed E-state index contributed by atoms with van der Waals surface area (Å²) < 4.78 is 24.5. The van der Waals surface area contributed by atoms with Gasteiger partial charge in [0.1, 0.15) is 35.5 Å². The average Bonchev–Trinajstić information content (AvgIpc) is 3.39. The number of amides is 2. The first kappa shape index (κ1) is 36.3. The van der Waals surface area contributed by atoms with Crippen LogP contribution in [0.1, 0.15) is 87.5 Å². The van der Waals surface area contributed by atoms with E-state index in [0.717, 1.165) is 41.0 Å². The smallest absolute Gasteiger partial charge is 0.408 e. The van der Waals surface area contributed by atoms with Crippen LogP contribution in [0.3, 0.4) is 0 Å². The lowest BCUT2D eigenvalue weighted by molar-refractivity contribution is -0.118. The number of nitrogens with zero attached hydrogens (tertiary/aromatic N) is 1. The number of nitrogens with one attached hydrogen (secondary N) is 2. The van der Waals surface area contributed by atoms with Crippen molar-refractivity contribution >= 4 is 29.3 Å². The van der Waals surface area contributed by atoms with Gasteiger partial charge in [0, 0.05) is 53.3 Å². The van der Waals surface area contributed by atoms with Crippen molar-refractivity contribution < 1.29 is 33.3 Å². The highest BCUT2D eigenvalue weighted by molar-refractivity contribution is 5.97. The van der Waals surface area contributed by atoms with Crippen LogP contribution in [0.5, 0.6) is 17.2 Å². The Balaban J connectivity index is 1.20. The molecular weight excluding hydrogens is 658 g/mol. The van der Waals surface area contributed by atoms with Crippen molar-refractivity contribution in [1.29, 1.82) is 0 Å². The largest absolute Gasteiger partial charge is 0.489 e. The number of esters is 1. The third kappa shape index (κ3) is 7.42. The van der Waals surface area contributed by atoms with Gasteiger partial charge in [-0.25, -0.2) is 9.59 Å². The van der Waals surface area contributed by atoms with Crippen LogP contribution in [-0.2, 0) is 26.5 Å². The molecule has 6 rings (SSSR count). The lowest BCUT2D eigenvalue weighted by Gasteiger charge is -2.37. The zero-order valence-electron chi connectivity index (χ0n) is 30.9. The predicted molar refractivity (Wildman–Crippen MR) is 200 cm³/mol. The van der Waals surface area contributed by atoms with E-state index >= 15 is 0 Å². The summed E-state index contributed by atoms with van der Waals surface area (Å²) in [5.74, 6) is 1.22. The van der Waals surface area contributed by atoms with Crippen LogP contribution in [0.2, 0.25) is 0 Å². The zero-order valence-corrected chi connectivity index (χ0v) is 30.9. The molecule has 0 bridgehead atoms. The molecule has 1 unspecified atom stereocenters. The highest BCUT2D eigenvalue weighted by atomic mass is 16.6. The molecule has 2 N–H and O–H groups in total. The van der Waals surface area contributed by atoms with Gasteiger partial charge in [0.05, 0.1) is 5.56 Å². The van der Waals surface area contributed by atoms with Gasteiger partial charge in [-0.3, -0.25) is 4.79 Å². The van der Waals surface area contributed by atoms with E-state index in [9.17, 15) is 14.4 Å². The third-order valence-corrected chi connectivity index (χ3v) is 9.14. The van der Waals surface area contributed by atoms with E-state index in [4.69, 9.17) is 18.9 Å². The maximum absolute atomic E-state index is 13.3. The fraction of sp³-hybridized carbons (Fsp3) is 0.357. The Kier molecular flexibility index (Phi) is 10.2. The number of hydrogen-bond acceptors (Lipinski definition) is 8. The highest BCUT2D eigenvalue weighted by Crippen LogP contribution is 2.57. The zero-order chi connectivity index (χ0) is 37.2. The molecule has 272 valence electrons. The number of ether oxygens (including phenoxy) is 4. The first-order chi connectivity index (χ1) is 24.8. The van der Waals surface area contributed by atoms with Crippen molar-refractivity contribution in [2.75, 3.05) is 23.3 Å². The number of alkyl carbamates (subject to hydrolysis) is 1. The van der Waals surface area contributed by atoms with E-state index in [2.05, 4.69) is 35.4 Å². The first-order valence-corrected chi connectivity index (χ1v) is 17.9. The summed E-state index contributed by atoms with van der Waals surface area (Å²) in [6.45, 7) is 15.5. The molecule has 0 fully saturated rings. The monoisotopic (exact) mass is 705 g/mol. The summed E-state index contributed by atoms with van der Waals surface area (Å²) in [5, 5.41) is 5.61. The first-order valence-electron chi connectivity index (χ1n) is 17.9. The Bertz CT molecular complexity index is 1960. The van der Waals surface area contributed by atoms with Crippen molar-refractivity contribution in [3.63, 3.8) is 0 Å². The van der Waals surface area contributed by atoms with Crippen LogP contribution < -0.4 is 25.0 Å². The number of carbonyl (C=O) groups is 3. The minimum atomic E-state index is -1.16. The van der Waals surface area contributed by atoms with Crippen LogP contribution in [0, 0.1) is 5.92 Å². The van der Waals surface area contributed by atoms with Crippen LogP contribution in [0.4, 0.5) is 16.2 Å². The van der Waals surface area contributed by atoms with Gasteiger partial charge in [0.15, 0.2) is 5.60 Å². The van der Waals surface area contributed by atoms with Crippen molar-refractivity contribution in [3.05, 3.63) is 113 Å². The van der Waals surface area contributed by atoms with Crippen LogP contribution >= 0.6 is 0 Å². The number of rotatable bonds is 11. The molecule has 4 aromatic rings. The van der Waals surface area contributed by atoms with Gasteiger partial charge >= 0.3 is 12.1 Å². The lowest BCUT2D eigenvalue weighted by Crippen LogP contribution is -2.46. The molecule has 0 aliphatic carbocycles. The molecule has 2 heterocycles. The number of hydrogen-bond donors (Lipinski definition) is 2. The molecule has 2 aliphatic rings. The molecule has 2 amide bonds. The Labute approximate surface area is 305 Å². The topological polar surface area (TPSA) is 115 Å². The molecule has 10 nitrogen and oxygen atoms in total. The minimum Gasteiger partial charge on any atom is -0.489 e. The van der Waals surface area contributed by atoms with Crippen LogP contribution in [0.15, 0.2) is 84.9 Å². The van der Waals surface area contributed by atoms with Crippen molar-refractivity contribution in [2.24, 2.45) is 5.92 Å². The summed E-state index contributed by atoms with van der Waals surface area (Å²) in [6, 6.07) is 25.7. The van der Waals surface area contributed by atoms with Gasteiger partial charge in [0.2, 0.25) is 5.91 Å². The van der Waals surface area contributed by atoms with Gasteiger partial charge in [-0.05, 0) is 95.0 Å². The highest BCUT2D eigenvalue weighted by Gasteiger charge is 2.53. The average molecular weight is 706 g/mol. The Morgan fingerprint density at radius 1 is 0.865 bits per heavy atom. The van der Waals surface area contributed by atoms with Crippen molar-refractivity contribution in [1.82, 2.24) is 5.32 Å². The Morgan fingerprint density at radius 2 is 1.54 bits per heavy atom. The maximum Gasteiger partial charge on any atom is 0.408 e. The minimum absolute atomic E-state index is 0.174. The fourth-order valence-electron chi connectivity index (χ4n) is 6.75. The lowest BCUT2D eigenvalue weighted by atomic mass is 9.77. The SMILES string of the molecule is CCN(CC)c1ccc2c(c1)Oc1cc(OCc3ccc(NC(=O)[C@H](CC(C)C)NC(=O)OC(C)(C)C)cc3)ccc1C21OC(=O)c2ccccc21. The van der Waals surface area contributed by atoms with Gasteiger partial charge < -0.3 is 34.5 Å². The molecule has 0 saturated heterocycles. The molecule has 10 heteroatoms. The molecule has 4 aromatic carbocycles. The molecule has 2 atom stereocenters. The van der Waals surface area contributed by atoms with E-state index in [1.807, 2.05) is 74.5 Å². The Morgan fingerprint density at radius 3 is 2.21 bits per heavy atom. The van der Waals surface area contributed by atoms with E-state index in [1.165, 1.54) is 0 Å². The molecule has 52 heavy (non-hydrogen) atoms. The summed E-state index contributed by atoms with van der Waals surface area (Å²) in [4.78, 5) is 41.1. The molecule has 0 aromatic heterocycles. The predicted octanol–water partition coefficient (Wildman–Crippen LogP) is 8.56. The third-order valence-electron chi connectivity index (χ3n) is 9.14. The second-order valence-corrected chi connectivity index (χ2v) is 14.5. The summed E-state index contributed by atoms with van der Waals surface area (Å²) >= 11 is 0. The molecular formula is C42H47N3O7. The second kappa shape index (κ2) is 14.6. The van der Waals surface area contributed by atoms with Crippen molar-refractivity contribution in [3.8, 4) is 17.2 Å². The summed E-state index contributed by atoms with van der Waals surface area (Å²) in [5.41, 5.74) is 3.45. The van der Waals surface area contributed by atoms with Crippen molar-refractivity contribution in [2.45, 2.75) is 78.7 Å². The summed E-state index contributed by atoms with van der Waals surface area (Å²) in [7, 11) is 0. The van der Waals surface area contributed by atoms with E-state index in [-0.39, 0.29) is 24.4 Å². The molecule has 0 saturated carbocycles. The van der Waals surface area contributed by atoms with E-state index in [0.29, 0.717) is 34.9 Å². The molecule has 1 spiro atoms. The number of fused-ring (bicyclic) bond motifs is 6. The standard InChI is InChI=1S/C42H47N3O7/c1-8-45(9-2)29-18-20-33-36(23-29)50-37-24-30(19-21-34(37)42(33)32-13-11-10-12-31(32)39(47)51-42)49-25-27-14-16-28(17-15-27)43-38(46)35(22-26(3)4)44-40(48)52-41(5,6)7/h10-21,23-24,26,35H,8-9,22,25H2,1-7H3,(H,43,46)(H,44,48)/t35-,42?/m0/s1. The second-order valence-electron chi connectivity index (χ2n) is 14.5. The van der Waals surface area contributed by atoms with Gasteiger partial charge in [0.25, 0.3) is 0 Å². The normalized spacial score (nSPS) is 16.2. The molecule has 0 radical (unpaired) electrons. The number of anilines is 2.